The summed E-state index contributed by atoms with van der Waals surface area (Å²) in [4.78, 5) is 13.3. The van der Waals surface area contributed by atoms with Gasteiger partial charge in [-0.25, -0.2) is 19.6 Å². The highest BCUT2D eigenvalue weighted by molar-refractivity contribution is 7.18. The van der Waals surface area contributed by atoms with Gasteiger partial charge in [0, 0.05) is 12.1 Å². The zero-order chi connectivity index (χ0) is 17.2. The summed E-state index contributed by atoms with van der Waals surface area (Å²) in [6, 6.07) is 6.32. The SMILES string of the molecule is Cc1ccc(/C=N/c2nc([C]3[CH][CH][CH][CH]3)c(-n3cncn3)s2)c(C)c1. The molecule has 5 nitrogen and oxygen atoms in total. The first-order valence-corrected chi connectivity index (χ1v) is 8.71. The summed E-state index contributed by atoms with van der Waals surface area (Å²) in [7, 11) is 0. The van der Waals surface area contributed by atoms with E-state index in [4.69, 9.17) is 4.98 Å². The summed E-state index contributed by atoms with van der Waals surface area (Å²) in [5.41, 5.74) is 4.41. The molecule has 0 unspecified atom stereocenters. The molecule has 3 aromatic rings. The van der Waals surface area contributed by atoms with Crippen LogP contribution in [0.25, 0.3) is 5.00 Å². The molecule has 0 N–H and O–H groups in total. The maximum absolute atomic E-state index is 4.70. The molecule has 1 fully saturated rings. The smallest absolute Gasteiger partial charge is 0.211 e. The van der Waals surface area contributed by atoms with E-state index in [1.807, 2.05) is 31.9 Å². The van der Waals surface area contributed by atoms with Crippen LogP contribution in [-0.4, -0.2) is 26.0 Å². The zero-order valence-electron chi connectivity index (χ0n) is 13.9. The number of aliphatic imine (C=N–C) groups is 1. The lowest BCUT2D eigenvalue weighted by atomic mass is 10.1. The Hall–Kier alpha value is -2.34. The van der Waals surface area contributed by atoms with Crippen molar-refractivity contribution in [1.29, 1.82) is 0 Å². The maximum atomic E-state index is 4.70. The van der Waals surface area contributed by atoms with Gasteiger partial charge in [-0.05, 0) is 50.7 Å². The second kappa shape index (κ2) is 6.88. The van der Waals surface area contributed by atoms with E-state index in [1.54, 1.807) is 11.0 Å². The van der Waals surface area contributed by atoms with Gasteiger partial charge < -0.3 is 0 Å². The molecule has 5 radical (unpaired) electrons. The quantitative estimate of drug-likeness (QED) is 0.674. The standard InChI is InChI=1S/C19H16N5S/c1-13-7-8-16(14(2)9-13)10-21-19-23-17(15-5-3-4-6-15)18(25-19)24-12-20-11-22-24/h3-12H,1-2H3/b21-10+. The highest BCUT2D eigenvalue weighted by Crippen LogP contribution is 2.38. The lowest BCUT2D eigenvalue weighted by Crippen LogP contribution is -2.02. The largest absolute Gasteiger partial charge is 0.227 e. The molecule has 25 heavy (non-hydrogen) atoms. The lowest BCUT2D eigenvalue weighted by Gasteiger charge is -2.06. The monoisotopic (exact) mass is 346 g/mol. The molecule has 1 saturated carbocycles. The van der Waals surface area contributed by atoms with E-state index in [-0.39, 0.29) is 0 Å². The molecule has 6 heteroatoms. The van der Waals surface area contributed by atoms with Crippen molar-refractivity contribution in [2.45, 2.75) is 13.8 Å². The van der Waals surface area contributed by atoms with Gasteiger partial charge in [0.15, 0.2) is 0 Å². The molecule has 0 saturated heterocycles. The molecule has 2 heterocycles. The van der Waals surface area contributed by atoms with Gasteiger partial charge in [0.2, 0.25) is 5.13 Å². The molecule has 1 aliphatic rings. The van der Waals surface area contributed by atoms with Crippen LogP contribution in [0.15, 0.2) is 35.8 Å². The first kappa shape index (κ1) is 16.1. The summed E-state index contributed by atoms with van der Waals surface area (Å²) in [5.74, 6) is 1.05. The second-order valence-corrected chi connectivity index (χ2v) is 6.74. The van der Waals surface area contributed by atoms with Crippen molar-refractivity contribution in [3.05, 3.63) is 84.8 Å². The number of aromatic nitrogens is 4. The summed E-state index contributed by atoms with van der Waals surface area (Å²) in [6.45, 7) is 4.18. The normalized spacial score (nSPS) is 15.4. The highest BCUT2D eigenvalue weighted by atomic mass is 32.1. The summed E-state index contributed by atoms with van der Waals surface area (Å²) in [6.07, 6.45) is 13.1. The van der Waals surface area contributed by atoms with E-state index in [2.05, 4.69) is 47.1 Å². The minimum atomic E-state index is 0.696. The maximum Gasteiger partial charge on any atom is 0.211 e. The van der Waals surface area contributed by atoms with Gasteiger partial charge in [0.1, 0.15) is 17.7 Å². The zero-order valence-corrected chi connectivity index (χ0v) is 14.7. The van der Waals surface area contributed by atoms with Gasteiger partial charge in [0.25, 0.3) is 0 Å². The molecular weight excluding hydrogens is 330 g/mol. The predicted molar refractivity (Wildman–Crippen MR) is 99.7 cm³/mol. The van der Waals surface area contributed by atoms with Crippen molar-refractivity contribution in [2.24, 2.45) is 4.99 Å². The Bertz CT molecular complexity index is 889. The molecule has 2 aromatic heterocycles. The Morgan fingerprint density at radius 1 is 1.16 bits per heavy atom. The Morgan fingerprint density at radius 3 is 2.72 bits per heavy atom. The van der Waals surface area contributed by atoms with Crippen molar-refractivity contribution in [3.8, 4) is 5.00 Å². The first-order valence-electron chi connectivity index (χ1n) is 7.90. The van der Waals surface area contributed by atoms with Gasteiger partial charge in [0.05, 0.1) is 5.69 Å². The van der Waals surface area contributed by atoms with Crippen LogP contribution in [-0.2, 0) is 0 Å². The minimum absolute atomic E-state index is 0.696. The van der Waals surface area contributed by atoms with Crippen LogP contribution in [0.1, 0.15) is 22.4 Å². The average Bonchev–Trinajstić information content (AvgIpc) is 3.34. The Labute approximate surface area is 151 Å². The number of benzene rings is 1. The fourth-order valence-corrected chi connectivity index (χ4v) is 3.50. The lowest BCUT2D eigenvalue weighted by molar-refractivity contribution is 0.881. The molecule has 0 aliphatic heterocycles. The topological polar surface area (TPSA) is 56.0 Å². The van der Waals surface area contributed by atoms with Crippen LogP contribution in [0.2, 0.25) is 0 Å². The predicted octanol–water partition coefficient (Wildman–Crippen LogP) is 3.84. The Kier molecular flexibility index (Phi) is 4.44. The first-order chi connectivity index (χ1) is 12.2. The number of aryl methyl sites for hydroxylation is 2. The van der Waals surface area contributed by atoms with Crippen LogP contribution < -0.4 is 0 Å². The molecule has 0 bridgehead atoms. The van der Waals surface area contributed by atoms with Crippen LogP contribution in [0.5, 0.6) is 0 Å². The molecular formula is C19H16N5S. The number of rotatable bonds is 4. The fourth-order valence-electron chi connectivity index (χ4n) is 2.64. The van der Waals surface area contributed by atoms with E-state index in [0.29, 0.717) is 5.13 Å². The Balaban J connectivity index is 1.68. The molecule has 0 atom stereocenters. The molecule has 4 rings (SSSR count). The minimum Gasteiger partial charge on any atom is -0.227 e. The molecule has 0 spiro atoms. The van der Waals surface area contributed by atoms with Gasteiger partial charge in [-0.2, -0.15) is 5.10 Å². The van der Waals surface area contributed by atoms with Crippen molar-refractivity contribution in [2.75, 3.05) is 0 Å². The average molecular weight is 346 g/mol. The van der Waals surface area contributed by atoms with E-state index < -0.39 is 0 Å². The third kappa shape index (κ3) is 3.39. The second-order valence-electron chi connectivity index (χ2n) is 5.78. The summed E-state index contributed by atoms with van der Waals surface area (Å²) >= 11 is 1.50. The summed E-state index contributed by atoms with van der Waals surface area (Å²) < 4.78 is 1.73. The van der Waals surface area contributed by atoms with Gasteiger partial charge in [-0.15, -0.1) is 0 Å². The van der Waals surface area contributed by atoms with Crippen molar-refractivity contribution in [3.63, 3.8) is 0 Å². The Morgan fingerprint density at radius 2 is 2.00 bits per heavy atom. The third-order valence-corrected chi connectivity index (χ3v) is 4.85. The fraction of sp³-hybridized carbons (Fsp3) is 0.105. The molecule has 1 aliphatic carbocycles. The van der Waals surface area contributed by atoms with E-state index in [1.165, 1.54) is 28.8 Å². The molecule has 0 amide bonds. The van der Waals surface area contributed by atoms with Crippen LogP contribution >= 0.6 is 11.3 Å². The number of hydrogen-bond acceptors (Lipinski definition) is 5. The van der Waals surface area contributed by atoms with Crippen LogP contribution in [0.4, 0.5) is 5.13 Å². The van der Waals surface area contributed by atoms with Gasteiger partial charge >= 0.3 is 0 Å². The van der Waals surface area contributed by atoms with E-state index in [0.717, 1.165) is 22.2 Å². The summed E-state index contributed by atoms with van der Waals surface area (Å²) in [5, 5.41) is 5.85. The highest BCUT2D eigenvalue weighted by Gasteiger charge is 2.26. The molecule has 1 aromatic carbocycles. The number of hydrogen-bond donors (Lipinski definition) is 0. The van der Waals surface area contributed by atoms with Crippen LogP contribution in [0, 0.1) is 45.4 Å². The molecule has 123 valence electrons. The van der Waals surface area contributed by atoms with E-state index in [9.17, 15) is 0 Å². The van der Waals surface area contributed by atoms with Crippen molar-refractivity contribution in [1.82, 2.24) is 19.7 Å². The van der Waals surface area contributed by atoms with Gasteiger partial charge in [-0.1, -0.05) is 35.1 Å². The number of thiazole rings is 1. The van der Waals surface area contributed by atoms with Gasteiger partial charge in [-0.3, -0.25) is 0 Å². The van der Waals surface area contributed by atoms with E-state index >= 15 is 0 Å². The van der Waals surface area contributed by atoms with Crippen molar-refractivity contribution < 1.29 is 0 Å². The number of nitrogens with zero attached hydrogens (tertiary/aromatic N) is 5. The van der Waals surface area contributed by atoms with Crippen LogP contribution in [0.3, 0.4) is 0 Å². The third-order valence-electron chi connectivity index (χ3n) is 3.90. The van der Waals surface area contributed by atoms with Crippen molar-refractivity contribution >= 4 is 22.7 Å².